The van der Waals surface area contributed by atoms with Crippen LogP contribution in [-0.2, 0) is 11.3 Å². The highest BCUT2D eigenvalue weighted by atomic mass is 16.5. The molecule has 1 saturated carbocycles. The minimum absolute atomic E-state index is 0.0431. The van der Waals surface area contributed by atoms with Gasteiger partial charge in [-0.2, -0.15) is 0 Å². The summed E-state index contributed by atoms with van der Waals surface area (Å²) in [7, 11) is 0. The molecule has 1 aliphatic carbocycles. The first-order valence-electron chi connectivity index (χ1n) is 8.57. The van der Waals surface area contributed by atoms with Gasteiger partial charge < -0.3 is 20.1 Å². The van der Waals surface area contributed by atoms with Crippen LogP contribution in [0, 0.1) is 5.92 Å². The highest BCUT2D eigenvalue weighted by molar-refractivity contribution is 5.74. The van der Waals surface area contributed by atoms with E-state index in [-0.39, 0.29) is 24.1 Å². The number of benzene rings is 1. The molecule has 0 spiro atoms. The number of aliphatic hydroxyl groups excluding tert-OH is 1. The van der Waals surface area contributed by atoms with E-state index in [1.165, 1.54) is 0 Å². The zero-order valence-corrected chi connectivity index (χ0v) is 13.6. The maximum absolute atomic E-state index is 12.6. The summed E-state index contributed by atoms with van der Waals surface area (Å²) in [5.74, 6) is 0.105. The third-order valence-electron chi connectivity index (χ3n) is 5.00. The summed E-state index contributed by atoms with van der Waals surface area (Å²) in [5, 5.41) is 13.3. The summed E-state index contributed by atoms with van der Waals surface area (Å²) >= 11 is 0. The Labute approximate surface area is 137 Å². The van der Waals surface area contributed by atoms with Gasteiger partial charge in [-0.1, -0.05) is 30.3 Å². The molecular formula is C18H26N2O3. The number of urea groups is 1. The summed E-state index contributed by atoms with van der Waals surface area (Å²) < 4.78 is 5.65. The highest BCUT2D eigenvalue weighted by Crippen LogP contribution is 2.36. The molecule has 2 amide bonds. The van der Waals surface area contributed by atoms with Gasteiger partial charge in [0.25, 0.3) is 0 Å². The average Bonchev–Trinajstić information content (AvgIpc) is 2.58. The lowest BCUT2D eigenvalue weighted by Crippen LogP contribution is -2.56. The van der Waals surface area contributed by atoms with E-state index in [9.17, 15) is 9.90 Å². The second-order valence-corrected chi connectivity index (χ2v) is 6.52. The van der Waals surface area contributed by atoms with E-state index in [1.54, 1.807) is 0 Å². The SMILES string of the molecule is CCNC(=O)N(Cc1ccccc1)[C@@H]1CC[C@@H]2C[C@@H]1[C@@H](O)CO2. The number of amides is 2. The molecule has 23 heavy (non-hydrogen) atoms. The molecule has 2 bridgehead atoms. The summed E-state index contributed by atoms with van der Waals surface area (Å²) in [5.41, 5.74) is 1.11. The van der Waals surface area contributed by atoms with Crippen LogP contribution in [0.5, 0.6) is 0 Å². The molecular weight excluding hydrogens is 292 g/mol. The lowest BCUT2D eigenvalue weighted by Gasteiger charge is -2.47. The molecule has 2 fully saturated rings. The number of ether oxygens (including phenoxy) is 1. The van der Waals surface area contributed by atoms with E-state index >= 15 is 0 Å². The van der Waals surface area contributed by atoms with E-state index in [0.717, 1.165) is 24.8 Å². The maximum atomic E-state index is 12.6. The number of rotatable bonds is 4. The molecule has 2 aliphatic rings. The molecule has 3 rings (SSSR count). The topological polar surface area (TPSA) is 61.8 Å². The van der Waals surface area contributed by atoms with Crippen LogP contribution in [0.15, 0.2) is 30.3 Å². The number of hydrogen-bond donors (Lipinski definition) is 2. The molecule has 0 radical (unpaired) electrons. The summed E-state index contributed by atoms with van der Waals surface area (Å²) in [6, 6.07) is 10.1. The van der Waals surface area contributed by atoms with Crippen LogP contribution in [0.2, 0.25) is 0 Å². The Kier molecular flexibility index (Phi) is 5.18. The van der Waals surface area contributed by atoms with Crippen LogP contribution in [0.3, 0.4) is 0 Å². The normalized spacial score (nSPS) is 29.8. The summed E-state index contributed by atoms with van der Waals surface area (Å²) in [6.07, 6.45) is 2.45. The van der Waals surface area contributed by atoms with Crippen molar-refractivity contribution in [1.82, 2.24) is 10.2 Å². The molecule has 2 N–H and O–H groups in total. The summed E-state index contributed by atoms with van der Waals surface area (Å²) in [4.78, 5) is 14.5. The molecule has 5 heteroatoms. The Morgan fingerprint density at radius 1 is 1.35 bits per heavy atom. The van der Waals surface area contributed by atoms with Crippen molar-refractivity contribution in [2.24, 2.45) is 5.92 Å². The molecule has 1 aromatic carbocycles. The van der Waals surface area contributed by atoms with Gasteiger partial charge >= 0.3 is 6.03 Å². The zero-order chi connectivity index (χ0) is 16.2. The van der Waals surface area contributed by atoms with Crippen LogP contribution >= 0.6 is 0 Å². The van der Waals surface area contributed by atoms with Gasteiger partial charge in [-0.3, -0.25) is 0 Å². The van der Waals surface area contributed by atoms with Crippen LogP contribution in [-0.4, -0.2) is 47.4 Å². The number of nitrogens with zero attached hydrogens (tertiary/aromatic N) is 1. The van der Waals surface area contributed by atoms with Crippen molar-refractivity contribution in [1.29, 1.82) is 0 Å². The number of fused-ring (bicyclic) bond motifs is 2. The van der Waals surface area contributed by atoms with Crippen molar-refractivity contribution in [2.45, 2.75) is 51.0 Å². The first kappa shape index (κ1) is 16.3. The van der Waals surface area contributed by atoms with Gasteiger partial charge in [0.1, 0.15) is 0 Å². The van der Waals surface area contributed by atoms with E-state index in [0.29, 0.717) is 19.7 Å². The smallest absolute Gasteiger partial charge is 0.317 e. The van der Waals surface area contributed by atoms with Crippen molar-refractivity contribution in [2.75, 3.05) is 13.2 Å². The first-order chi connectivity index (χ1) is 11.2. The third kappa shape index (κ3) is 3.67. The van der Waals surface area contributed by atoms with Gasteiger partial charge in [-0.05, 0) is 31.7 Å². The Morgan fingerprint density at radius 3 is 2.87 bits per heavy atom. The van der Waals surface area contributed by atoms with Gasteiger partial charge in [0.2, 0.25) is 0 Å². The fourth-order valence-electron chi connectivity index (χ4n) is 3.83. The second kappa shape index (κ2) is 7.32. The molecule has 1 aliphatic heterocycles. The molecule has 1 heterocycles. The predicted octanol–water partition coefficient (Wildman–Crippen LogP) is 2.15. The lowest BCUT2D eigenvalue weighted by atomic mass is 9.77. The van der Waals surface area contributed by atoms with Gasteiger partial charge in [-0.15, -0.1) is 0 Å². The van der Waals surface area contributed by atoms with Crippen LogP contribution in [0.25, 0.3) is 0 Å². The Balaban J connectivity index is 1.80. The van der Waals surface area contributed by atoms with Crippen LogP contribution in [0.1, 0.15) is 31.7 Å². The Bertz CT molecular complexity index is 522. The van der Waals surface area contributed by atoms with E-state index in [2.05, 4.69) is 5.32 Å². The molecule has 0 aromatic heterocycles. The van der Waals surface area contributed by atoms with Crippen molar-refractivity contribution < 1.29 is 14.6 Å². The number of nitrogens with one attached hydrogen (secondary N) is 1. The van der Waals surface area contributed by atoms with Gasteiger partial charge in [0.15, 0.2) is 0 Å². The molecule has 0 unspecified atom stereocenters. The fraction of sp³-hybridized carbons (Fsp3) is 0.611. The number of carbonyl (C=O) groups excluding carboxylic acids is 1. The highest BCUT2D eigenvalue weighted by Gasteiger charge is 2.43. The predicted molar refractivity (Wildman–Crippen MR) is 87.9 cm³/mol. The Morgan fingerprint density at radius 2 is 2.13 bits per heavy atom. The van der Waals surface area contributed by atoms with Gasteiger partial charge in [0, 0.05) is 25.0 Å². The van der Waals surface area contributed by atoms with Gasteiger partial charge in [0.05, 0.1) is 18.8 Å². The molecule has 1 saturated heterocycles. The number of aliphatic hydroxyl groups is 1. The van der Waals surface area contributed by atoms with Crippen molar-refractivity contribution in [3.63, 3.8) is 0 Å². The molecule has 126 valence electrons. The third-order valence-corrected chi connectivity index (χ3v) is 5.00. The van der Waals surface area contributed by atoms with E-state index in [1.807, 2.05) is 42.2 Å². The molecule has 5 nitrogen and oxygen atoms in total. The largest absolute Gasteiger partial charge is 0.390 e. The van der Waals surface area contributed by atoms with Crippen LogP contribution in [0.4, 0.5) is 4.79 Å². The fourth-order valence-corrected chi connectivity index (χ4v) is 3.83. The van der Waals surface area contributed by atoms with E-state index in [4.69, 9.17) is 4.74 Å². The van der Waals surface area contributed by atoms with Crippen molar-refractivity contribution in [3.05, 3.63) is 35.9 Å². The molecule has 1 aromatic rings. The monoisotopic (exact) mass is 318 g/mol. The minimum atomic E-state index is -0.482. The lowest BCUT2D eigenvalue weighted by molar-refractivity contribution is -0.130. The number of carbonyl (C=O) groups is 1. The van der Waals surface area contributed by atoms with Crippen molar-refractivity contribution >= 4 is 6.03 Å². The Hall–Kier alpha value is -1.59. The quantitative estimate of drug-likeness (QED) is 0.894. The zero-order valence-electron chi connectivity index (χ0n) is 13.6. The maximum Gasteiger partial charge on any atom is 0.317 e. The average molecular weight is 318 g/mol. The van der Waals surface area contributed by atoms with Gasteiger partial charge in [-0.25, -0.2) is 4.79 Å². The first-order valence-corrected chi connectivity index (χ1v) is 8.57. The van der Waals surface area contributed by atoms with Crippen molar-refractivity contribution in [3.8, 4) is 0 Å². The van der Waals surface area contributed by atoms with Crippen LogP contribution < -0.4 is 5.32 Å². The number of hydrogen-bond acceptors (Lipinski definition) is 3. The van der Waals surface area contributed by atoms with E-state index < -0.39 is 6.10 Å². The molecule has 4 atom stereocenters. The second-order valence-electron chi connectivity index (χ2n) is 6.52. The summed E-state index contributed by atoms with van der Waals surface area (Å²) in [6.45, 7) is 3.50. The minimum Gasteiger partial charge on any atom is -0.390 e. The standard InChI is InChI=1S/C18H26N2O3/c1-2-19-18(22)20(11-13-6-4-3-5-7-13)16-9-8-14-10-15(16)17(21)12-23-14/h3-7,14-17,21H,2,8-12H2,1H3,(H,19,22)/t14-,15+,16-,17+/m1/s1.